The van der Waals surface area contributed by atoms with Crippen molar-refractivity contribution in [2.75, 3.05) is 10.6 Å². The third-order valence-electron chi connectivity index (χ3n) is 5.08. The van der Waals surface area contributed by atoms with Crippen molar-refractivity contribution in [1.82, 2.24) is 19.9 Å². The standard InChI is InChI=1S/C22H23F3N6/c1-13(2)27-18-12-19(28-14-7-10-26-17(11-14)21(3)8-9-21)31-20(30-18)15-5-4-6-16(29-15)22(23,24)25/h4-7,10-13H,8-9H2,1-3H3,(H2,26,27,28,30,31). The molecule has 162 valence electrons. The second kappa shape index (κ2) is 7.79. The number of rotatable bonds is 6. The molecule has 2 N–H and O–H groups in total. The van der Waals surface area contributed by atoms with Gasteiger partial charge in [0.25, 0.3) is 0 Å². The average molecular weight is 428 g/mol. The maximum absolute atomic E-state index is 13.1. The summed E-state index contributed by atoms with van der Waals surface area (Å²) in [5.74, 6) is 1.04. The van der Waals surface area contributed by atoms with Crippen LogP contribution in [0.2, 0.25) is 0 Å². The molecule has 9 heteroatoms. The minimum Gasteiger partial charge on any atom is -0.368 e. The van der Waals surface area contributed by atoms with Crippen molar-refractivity contribution in [3.05, 3.63) is 54.0 Å². The van der Waals surface area contributed by atoms with Crippen LogP contribution in [0, 0.1) is 0 Å². The number of hydrogen-bond donors (Lipinski definition) is 2. The predicted molar refractivity (Wildman–Crippen MR) is 113 cm³/mol. The van der Waals surface area contributed by atoms with Gasteiger partial charge in [0.2, 0.25) is 0 Å². The maximum Gasteiger partial charge on any atom is 0.433 e. The van der Waals surface area contributed by atoms with Gasteiger partial charge in [-0.1, -0.05) is 13.0 Å². The van der Waals surface area contributed by atoms with Crippen LogP contribution in [0.4, 0.5) is 30.5 Å². The smallest absolute Gasteiger partial charge is 0.368 e. The van der Waals surface area contributed by atoms with Crippen molar-refractivity contribution in [1.29, 1.82) is 0 Å². The molecule has 6 nitrogen and oxygen atoms in total. The Morgan fingerprint density at radius 1 is 1.00 bits per heavy atom. The Labute approximate surface area is 178 Å². The van der Waals surface area contributed by atoms with Crippen LogP contribution in [-0.2, 0) is 11.6 Å². The molecule has 0 spiro atoms. The van der Waals surface area contributed by atoms with Gasteiger partial charge in [0.15, 0.2) is 5.82 Å². The molecule has 0 aromatic carbocycles. The van der Waals surface area contributed by atoms with Gasteiger partial charge in [0.1, 0.15) is 23.0 Å². The molecule has 1 aliphatic carbocycles. The van der Waals surface area contributed by atoms with E-state index in [0.717, 1.165) is 30.3 Å². The molecule has 0 amide bonds. The zero-order valence-corrected chi connectivity index (χ0v) is 17.5. The fourth-order valence-corrected chi connectivity index (χ4v) is 3.14. The number of anilines is 3. The van der Waals surface area contributed by atoms with Gasteiger partial charge >= 0.3 is 6.18 Å². The number of nitrogens with zero attached hydrogens (tertiary/aromatic N) is 4. The second-order valence-electron chi connectivity index (χ2n) is 8.28. The number of pyridine rings is 2. The van der Waals surface area contributed by atoms with Crippen LogP contribution in [0.15, 0.2) is 42.6 Å². The summed E-state index contributed by atoms with van der Waals surface area (Å²) < 4.78 is 39.3. The Morgan fingerprint density at radius 2 is 1.74 bits per heavy atom. The zero-order chi connectivity index (χ0) is 22.2. The largest absolute Gasteiger partial charge is 0.433 e. The molecule has 1 aliphatic rings. The molecule has 4 rings (SSSR count). The van der Waals surface area contributed by atoms with Crippen molar-refractivity contribution < 1.29 is 13.2 Å². The number of aromatic nitrogens is 4. The third kappa shape index (κ3) is 4.92. The number of hydrogen-bond acceptors (Lipinski definition) is 6. The van der Waals surface area contributed by atoms with Crippen molar-refractivity contribution in [3.8, 4) is 11.5 Å². The SMILES string of the molecule is CC(C)Nc1cc(Nc2ccnc(C3(C)CC3)c2)nc(-c2cccc(C(F)(F)F)n2)n1. The van der Waals surface area contributed by atoms with Gasteiger partial charge in [-0.15, -0.1) is 0 Å². The molecule has 0 unspecified atom stereocenters. The fourth-order valence-electron chi connectivity index (χ4n) is 3.14. The molecule has 1 fully saturated rings. The highest BCUT2D eigenvalue weighted by Crippen LogP contribution is 2.47. The molecular formula is C22H23F3N6. The van der Waals surface area contributed by atoms with Crippen molar-refractivity contribution in [3.63, 3.8) is 0 Å². The summed E-state index contributed by atoms with van der Waals surface area (Å²) in [5.41, 5.74) is 0.982. The van der Waals surface area contributed by atoms with E-state index in [1.54, 1.807) is 12.3 Å². The van der Waals surface area contributed by atoms with Gasteiger partial charge in [-0.3, -0.25) is 4.98 Å². The highest BCUT2D eigenvalue weighted by molar-refractivity contribution is 5.64. The van der Waals surface area contributed by atoms with Crippen LogP contribution in [-0.4, -0.2) is 26.0 Å². The molecule has 3 aromatic rings. The van der Waals surface area contributed by atoms with Crippen LogP contribution in [0.1, 0.15) is 45.0 Å². The van der Waals surface area contributed by atoms with E-state index in [0.29, 0.717) is 11.6 Å². The van der Waals surface area contributed by atoms with Gasteiger partial charge < -0.3 is 10.6 Å². The van der Waals surface area contributed by atoms with Gasteiger partial charge in [-0.25, -0.2) is 15.0 Å². The van der Waals surface area contributed by atoms with E-state index in [1.807, 2.05) is 26.0 Å². The number of halogens is 3. The highest BCUT2D eigenvalue weighted by atomic mass is 19.4. The Hall–Kier alpha value is -3.23. The Bertz CT molecular complexity index is 1090. The summed E-state index contributed by atoms with van der Waals surface area (Å²) in [6, 6.07) is 9.29. The molecular weight excluding hydrogens is 405 g/mol. The van der Waals surface area contributed by atoms with Crippen LogP contribution in [0.3, 0.4) is 0 Å². The maximum atomic E-state index is 13.1. The number of nitrogens with one attached hydrogen (secondary N) is 2. The van der Waals surface area contributed by atoms with E-state index < -0.39 is 11.9 Å². The molecule has 0 bridgehead atoms. The van der Waals surface area contributed by atoms with Crippen molar-refractivity contribution in [2.24, 2.45) is 0 Å². The van der Waals surface area contributed by atoms with E-state index in [1.165, 1.54) is 12.1 Å². The number of alkyl halides is 3. The summed E-state index contributed by atoms with van der Waals surface area (Å²) in [4.78, 5) is 17.0. The van der Waals surface area contributed by atoms with E-state index >= 15 is 0 Å². The molecule has 1 saturated carbocycles. The lowest BCUT2D eigenvalue weighted by Gasteiger charge is -2.15. The van der Waals surface area contributed by atoms with Crippen molar-refractivity contribution >= 4 is 17.3 Å². The molecule has 3 aromatic heterocycles. The molecule has 0 radical (unpaired) electrons. The van der Waals surface area contributed by atoms with E-state index in [4.69, 9.17) is 0 Å². The minimum absolute atomic E-state index is 0.0474. The quantitative estimate of drug-likeness (QED) is 0.535. The van der Waals surface area contributed by atoms with Crippen LogP contribution < -0.4 is 10.6 Å². The van der Waals surface area contributed by atoms with Gasteiger partial charge in [0.05, 0.1) is 0 Å². The van der Waals surface area contributed by atoms with E-state index in [-0.39, 0.29) is 23.0 Å². The Kier molecular flexibility index (Phi) is 5.28. The monoisotopic (exact) mass is 428 g/mol. The molecule has 0 saturated heterocycles. The lowest BCUT2D eigenvalue weighted by Crippen LogP contribution is -2.13. The normalized spacial score (nSPS) is 15.1. The summed E-state index contributed by atoms with van der Waals surface area (Å²) in [6.45, 7) is 6.07. The van der Waals surface area contributed by atoms with Gasteiger partial charge in [-0.05, 0) is 51.0 Å². The molecule has 31 heavy (non-hydrogen) atoms. The molecule has 0 aliphatic heterocycles. The van der Waals surface area contributed by atoms with E-state index in [2.05, 4.69) is 37.5 Å². The summed E-state index contributed by atoms with van der Waals surface area (Å²) in [5, 5.41) is 6.41. The van der Waals surface area contributed by atoms with Crippen molar-refractivity contribution in [2.45, 2.75) is 51.2 Å². The first-order valence-electron chi connectivity index (χ1n) is 10.1. The summed E-state index contributed by atoms with van der Waals surface area (Å²) in [7, 11) is 0. The second-order valence-corrected chi connectivity index (χ2v) is 8.28. The first-order valence-corrected chi connectivity index (χ1v) is 10.1. The first-order chi connectivity index (χ1) is 14.6. The summed E-state index contributed by atoms with van der Waals surface area (Å²) >= 11 is 0. The lowest BCUT2D eigenvalue weighted by atomic mass is 10.0. The average Bonchev–Trinajstić information content (AvgIpc) is 3.46. The van der Waals surface area contributed by atoms with Gasteiger partial charge in [-0.2, -0.15) is 13.2 Å². The Balaban J connectivity index is 1.70. The minimum atomic E-state index is -4.54. The fraction of sp³-hybridized carbons (Fsp3) is 0.364. The third-order valence-corrected chi connectivity index (χ3v) is 5.08. The van der Waals surface area contributed by atoms with Crippen LogP contribution >= 0.6 is 0 Å². The highest BCUT2D eigenvalue weighted by Gasteiger charge is 2.40. The van der Waals surface area contributed by atoms with Crippen LogP contribution in [0.5, 0.6) is 0 Å². The van der Waals surface area contributed by atoms with Gasteiger partial charge in [0, 0.05) is 35.1 Å². The Morgan fingerprint density at radius 3 is 2.42 bits per heavy atom. The predicted octanol–water partition coefficient (Wildman–Crippen LogP) is 5.57. The lowest BCUT2D eigenvalue weighted by molar-refractivity contribution is -0.141. The topological polar surface area (TPSA) is 75.6 Å². The van der Waals surface area contributed by atoms with E-state index in [9.17, 15) is 13.2 Å². The zero-order valence-electron chi connectivity index (χ0n) is 17.5. The first kappa shape index (κ1) is 21.0. The summed E-state index contributed by atoms with van der Waals surface area (Å²) in [6.07, 6.45) is -0.599. The molecule has 0 atom stereocenters. The molecule has 3 heterocycles. The van der Waals surface area contributed by atoms with Crippen LogP contribution in [0.25, 0.3) is 11.5 Å².